The van der Waals surface area contributed by atoms with E-state index in [1.165, 1.54) is 0 Å². The Balaban J connectivity index is 2.15. The summed E-state index contributed by atoms with van der Waals surface area (Å²) in [4.78, 5) is 0.952. The van der Waals surface area contributed by atoms with Crippen LogP contribution in [0.1, 0.15) is 22.1 Å². The molecule has 4 heteroatoms. The molecule has 0 saturated carbocycles. The lowest BCUT2D eigenvalue weighted by Crippen LogP contribution is -2.00. The first-order valence-corrected chi connectivity index (χ1v) is 7.28. The lowest BCUT2D eigenvalue weighted by atomic mass is 10.1. The molecule has 0 amide bonds. The highest BCUT2D eigenvalue weighted by molar-refractivity contribution is 9.10. The zero-order valence-corrected chi connectivity index (χ0v) is 12.4. The van der Waals surface area contributed by atoms with E-state index in [-0.39, 0.29) is 0 Å². The van der Waals surface area contributed by atoms with E-state index in [0.717, 1.165) is 25.5 Å². The predicted octanol–water partition coefficient (Wildman–Crippen LogP) is 4.75. The van der Waals surface area contributed by atoms with Crippen molar-refractivity contribution in [2.75, 3.05) is 0 Å². The molecule has 0 bridgehead atoms. The van der Waals surface area contributed by atoms with Crippen LogP contribution < -0.4 is 0 Å². The summed E-state index contributed by atoms with van der Waals surface area (Å²) >= 11 is 11.1. The van der Waals surface area contributed by atoms with Crippen LogP contribution in [-0.4, -0.2) is 5.11 Å². The maximum Gasteiger partial charge on any atom is 0.0923 e. The number of thiophene rings is 1. The highest BCUT2D eigenvalue weighted by atomic mass is 79.9. The molecule has 2 aromatic rings. The third kappa shape index (κ3) is 3.32. The van der Waals surface area contributed by atoms with Crippen molar-refractivity contribution < 1.29 is 5.11 Å². The minimum absolute atomic E-state index is 0.494. The highest BCUT2D eigenvalue weighted by Gasteiger charge is 2.12. The molecule has 1 N–H and O–H groups in total. The largest absolute Gasteiger partial charge is 0.387 e. The van der Waals surface area contributed by atoms with E-state index in [0.29, 0.717) is 6.42 Å². The molecule has 1 unspecified atom stereocenters. The Bertz CT molecular complexity index is 524. The maximum atomic E-state index is 10.1. The van der Waals surface area contributed by atoms with Gasteiger partial charge in [-0.1, -0.05) is 23.7 Å². The molecule has 17 heavy (non-hydrogen) atoms. The normalized spacial score (nSPS) is 12.7. The Labute approximate surface area is 118 Å². The van der Waals surface area contributed by atoms with Crippen LogP contribution in [0.2, 0.25) is 5.02 Å². The Morgan fingerprint density at radius 2 is 2.18 bits per heavy atom. The van der Waals surface area contributed by atoms with Crippen molar-refractivity contribution in [2.24, 2.45) is 0 Å². The Kier molecular flexibility index (Phi) is 4.26. The number of rotatable bonds is 3. The van der Waals surface area contributed by atoms with E-state index < -0.39 is 6.10 Å². The lowest BCUT2D eigenvalue weighted by Gasteiger charge is -2.10. The number of aryl methyl sites for hydroxylation is 1. The van der Waals surface area contributed by atoms with Gasteiger partial charge in [-0.05, 0) is 46.1 Å². The summed E-state index contributed by atoms with van der Waals surface area (Å²) in [5, 5.41) is 12.8. The van der Waals surface area contributed by atoms with Gasteiger partial charge < -0.3 is 5.11 Å². The van der Waals surface area contributed by atoms with E-state index >= 15 is 0 Å². The molecule has 1 atom stereocenters. The number of aliphatic hydroxyl groups excluding tert-OH is 1. The van der Waals surface area contributed by atoms with Crippen LogP contribution in [0.15, 0.2) is 34.1 Å². The van der Waals surface area contributed by atoms with Gasteiger partial charge >= 0.3 is 0 Å². The minimum Gasteiger partial charge on any atom is -0.387 e. The number of halogens is 2. The fourth-order valence-electron chi connectivity index (χ4n) is 1.63. The van der Waals surface area contributed by atoms with Gasteiger partial charge in [0.2, 0.25) is 0 Å². The Morgan fingerprint density at radius 3 is 2.76 bits per heavy atom. The molecular formula is C13H12BrClOS. The number of hydrogen-bond acceptors (Lipinski definition) is 2. The molecule has 90 valence electrons. The standard InChI is InChI=1S/C13H12BrClOS/c1-8-2-3-9(11(15)4-8)5-12(16)13-6-10(14)7-17-13/h2-4,6-7,12,16H,5H2,1H3. The first-order valence-electron chi connectivity index (χ1n) is 5.23. The molecule has 1 aromatic carbocycles. The fraction of sp³-hybridized carbons (Fsp3) is 0.231. The van der Waals surface area contributed by atoms with Crippen LogP contribution in [0.4, 0.5) is 0 Å². The Morgan fingerprint density at radius 1 is 1.41 bits per heavy atom. The van der Waals surface area contributed by atoms with Gasteiger partial charge in [0.05, 0.1) is 6.10 Å². The molecule has 0 spiro atoms. The zero-order valence-electron chi connectivity index (χ0n) is 9.28. The average molecular weight is 332 g/mol. The van der Waals surface area contributed by atoms with Gasteiger partial charge in [-0.2, -0.15) is 0 Å². The molecule has 0 aliphatic carbocycles. The molecule has 0 aliphatic rings. The molecule has 2 rings (SSSR count). The van der Waals surface area contributed by atoms with Crippen molar-refractivity contribution in [2.45, 2.75) is 19.4 Å². The summed E-state index contributed by atoms with van der Waals surface area (Å²) in [5.41, 5.74) is 2.11. The van der Waals surface area contributed by atoms with Crippen LogP contribution in [0.25, 0.3) is 0 Å². The van der Waals surface area contributed by atoms with Crippen molar-refractivity contribution in [3.8, 4) is 0 Å². The summed E-state index contributed by atoms with van der Waals surface area (Å²) in [6.07, 6.45) is 0.0537. The van der Waals surface area contributed by atoms with Crippen molar-refractivity contribution in [1.82, 2.24) is 0 Å². The van der Waals surface area contributed by atoms with Crippen LogP contribution in [0.3, 0.4) is 0 Å². The van der Waals surface area contributed by atoms with Gasteiger partial charge in [0.25, 0.3) is 0 Å². The van der Waals surface area contributed by atoms with Crippen LogP contribution >= 0.6 is 38.9 Å². The SMILES string of the molecule is Cc1ccc(CC(O)c2cc(Br)cs2)c(Cl)c1. The molecular weight excluding hydrogens is 320 g/mol. The van der Waals surface area contributed by atoms with Crippen molar-refractivity contribution in [3.05, 3.63) is 55.1 Å². The van der Waals surface area contributed by atoms with Gasteiger partial charge in [0.1, 0.15) is 0 Å². The molecule has 0 fully saturated rings. The minimum atomic E-state index is -0.494. The topological polar surface area (TPSA) is 20.2 Å². The quantitative estimate of drug-likeness (QED) is 0.860. The van der Waals surface area contributed by atoms with Crippen LogP contribution in [0.5, 0.6) is 0 Å². The summed E-state index contributed by atoms with van der Waals surface area (Å²) < 4.78 is 1.01. The van der Waals surface area contributed by atoms with Gasteiger partial charge in [-0.3, -0.25) is 0 Å². The summed E-state index contributed by atoms with van der Waals surface area (Å²) in [6.45, 7) is 2.00. The van der Waals surface area contributed by atoms with E-state index in [2.05, 4.69) is 15.9 Å². The molecule has 0 saturated heterocycles. The number of benzene rings is 1. The van der Waals surface area contributed by atoms with Crippen LogP contribution in [-0.2, 0) is 6.42 Å². The first-order chi connectivity index (χ1) is 8.06. The second-order valence-electron chi connectivity index (χ2n) is 3.98. The van der Waals surface area contributed by atoms with E-state index in [1.807, 2.05) is 36.6 Å². The smallest absolute Gasteiger partial charge is 0.0923 e. The summed E-state index contributed by atoms with van der Waals surface area (Å²) in [7, 11) is 0. The van der Waals surface area contributed by atoms with Gasteiger partial charge in [-0.15, -0.1) is 11.3 Å². The molecule has 1 heterocycles. The third-order valence-electron chi connectivity index (χ3n) is 2.54. The summed E-state index contributed by atoms with van der Waals surface area (Å²) in [6, 6.07) is 7.85. The molecule has 1 aromatic heterocycles. The second kappa shape index (κ2) is 5.53. The second-order valence-corrected chi connectivity index (χ2v) is 6.25. The average Bonchev–Trinajstić information content (AvgIpc) is 2.69. The van der Waals surface area contributed by atoms with E-state index in [9.17, 15) is 5.11 Å². The fourth-order valence-corrected chi connectivity index (χ4v) is 3.37. The van der Waals surface area contributed by atoms with Gasteiger partial charge in [0.15, 0.2) is 0 Å². The number of hydrogen-bond donors (Lipinski definition) is 1. The van der Waals surface area contributed by atoms with E-state index in [1.54, 1.807) is 11.3 Å². The summed E-state index contributed by atoms with van der Waals surface area (Å²) in [5.74, 6) is 0. The predicted molar refractivity (Wildman–Crippen MR) is 76.9 cm³/mol. The lowest BCUT2D eigenvalue weighted by molar-refractivity contribution is 0.182. The van der Waals surface area contributed by atoms with Crippen LogP contribution in [0, 0.1) is 6.92 Å². The number of aliphatic hydroxyl groups is 1. The maximum absolute atomic E-state index is 10.1. The molecule has 1 nitrogen and oxygen atoms in total. The third-order valence-corrected chi connectivity index (χ3v) is 4.68. The van der Waals surface area contributed by atoms with Crippen molar-refractivity contribution >= 4 is 38.9 Å². The van der Waals surface area contributed by atoms with Crippen molar-refractivity contribution in [1.29, 1.82) is 0 Å². The monoisotopic (exact) mass is 330 g/mol. The molecule has 0 aliphatic heterocycles. The molecule has 0 radical (unpaired) electrons. The first kappa shape index (κ1) is 13.1. The van der Waals surface area contributed by atoms with Crippen molar-refractivity contribution in [3.63, 3.8) is 0 Å². The highest BCUT2D eigenvalue weighted by Crippen LogP contribution is 2.29. The Hall–Kier alpha value is -0.350. The zero-order chi connectivity index (χ0) is 12.4. The van der Waals surface area contributed by atoms with Gasteiger partial charge in [-0.25, -0.2) is 0 Å². The van der Waals surface area contributed by atoms with Gasteiger partial charge in [0, 0.05) is 26.2 Å². The van der Waals surface area contributed by atoms with E-state index in [4.69, 9.17) is 11.6 Å².